The van der Waals surface area contributed by atoms with Gasteiger partial charge in [0.2, 0.25) is 5.88 Å². The van der Waals surface area contributed by atoms with Gasteiger partial charge in [-0.2, -0.15) is 0 Å². The summed E-state index contributed by atoms with van der Waals surface area (Å²) in [6, 6.07) is 17.4. The van der Waals surface area contributed by atoms with Crippen molar-refractivity contribution < 1.29 is 9.53 Å². The van der Waals surface area contributed by atoms with Crippen LogP contribution in [0.3, 0.4) is 0 Å². The molecule has 0 bridgehead atoms. The van der Waals surface area contributed by atoms with Gasteiger partial charge in [0.1, 0.15) is 12.1 Å². The lowest BCUT2D eigenvalue weighted by molar-refractivity contribution is -0.116. The Morgan fingerprint density at radius 2 is 1.84 bits per heavy atom. The molecule has 2 aromatic carbocycles. The Bertz CT molecular complexity index is 1360. The molecule has 3 heterocycles. The van der Waals surface area contributed by atoms with E-state index in [0.717, 1.165) is 40.9 Å². The van der Waals surface area contributed by atoms with Crippen LogP contribution in [0.25, 0.3) is 17.0 Å². The number of fused-ring (bicyclic) bond motifs is 3. The molecule has 1 atom stereocenters. The van der Waals surface area contributed by atoms with Crippen LogP contribution in [0, 0.1) is 0 Å². The average molecular weight is 409 g/mol. The first kappa shape index (κ1) is 17.8. The Hall–Kier alpha value is -4.00. The Kier molecular flexibility index (Phi) is 3.89. The monoisotopic (exact) mass is 409 g/mol. The van der Waals surface area contributed by atoms with Crippen molar-refractivity contribution in [2.75, 3.05) is 5.73 Å². The SMILES string of the molecule is Nc1ccc(-c2nc3c4c(ncn3n2)OC2=C(C(=O)CCC2)C4c2ccccc2)cc1. The molecule has 0 saturated carbocycles. The number of ether oxygens (including phenoxy) is 1. The number of ketones is 1. The summed E-state index contributed by atoms with van der Waals surface area (Å²) in [5.41, 5.74) is 10.5. The quantitative estimate of drug-likeness (QED) is 0.505. The standard InChI is InChI=1S/C24H19N5O2/c25-16-11-9-15(10-12-16)22-27-23-21-19(14-5-2-1-3-6-14)20-17(30)7-4-8-18(20)31-24(21)26-13-29(23)28-22/h1-3,5-6,9-13,19H,4,7-8,25H2. The summed E-state index contributed by atoms with van der Waals surface area (Å²) in [4.78, 5) is 22.4. The van der Waals surface area contributed by atoms with Crippen molar-refractivity contribution in [3.8, 4) is 17.3 Å². The van der Waals surface area contributed by atoms with Crippen LogP contribution in [-0.2, 0) is 4.79 Å². The minimum Gasteiger partial charge on any atom is -0.442 e. The van der Waals surface area contributed by atoms with Crippen molar-refractivity contribution in [3.05, 3.63) is 83.4 Å². The van der Waals surface area contributed by atoms with Gasteiger partial charge >= 0.3 is 0 Å². The second kappa shape index (κ2) is 6.77. The summed E-state index contributed by atoms with van der Waals surface area (Å²) in [7, 11) is 0. The largest absolute Gasteiger partial charge is 0.442 e. The summed E-state index contributed by atoms with van der Waals surface area (Å²) < 4.78 is 7.80. The molecular weight excluding hydrogens is 390 g/mol. The van der Waals surface area contributed by atoms with Gasteiger partial charge in [-0.1, -0.05) is 30.3 Å². The van der Waals surface area contributed by atoms with Gasteiger partial charge in [0.15, 0.2) is 17.3 Å². The van der Waals surface area contributed by atoms with E-state index >= 15 is 0 Å². The van der Waals surface area contributed by atoms with E-state index in [0.29, 0.717) is 29.5 Å². The van der Waals surface area contributed by atoms with E-state index in [-0.39, 0.29) is 11.7 Å². The second-order valence-electron chi connectivity index (χ2n) is 7.85. The fourth-order valence-corrected chi connectivity index (χ4v) is 4.45. The number of carbonyl (C=O) groups is 1. The fraction of sp³-hybridized carbons (Fsp3) is 0.167. The number of nitrogens with zero attached hydrogens (tertiary/aromatic N) is 4. The summed E-state index contributed by atoms with van der Waals surface area (Å²) in [6.45, 7) is 0. The third-order valence-corrected chi connectivity index (χ3v) is 5.89. The first-order chi connectivity index (χ1) is 15.2. The number of carbonyl (C=O) groups excluding carboxylic acids is 1. The molecule has 7 heteroatoms. The maximum Gasteiger partial charge on any atom is 0.228 e. The van der Waals surface area contributed by atoms with Crippen LogP contribution >= 0.6 is 0 Å². The first-order valence-corrected chi connectivity index (χ1v) is 10.3. The predicted octanol–water partition coefficient (Wildman–Crippen LogP) is 3.90. The number of aromatic nitrogens is 4. The average Bonchev–Trinajstić information content (AvgIpc) is 3.23. The van der Waals surface area contributed by atoms with E-state index in [9.17, 15) is 4.79 Å². The second-order valence-corrected chi connectivity index (χ2v) is 7.85. The summed E-state index contributed by atoms with van der Waals surface area (Å²) in [6.07, 6.45) is 3.67. The lowest BCUT2D eigenvalue weighted by atomic mass is 9.78. The minimum atomic E-state index is -0.285. The Morgan fingerprint density at radius 1 is 1.03 bits per heavy atom. The Morgan fingerprint density at radius 3 is 2.65 bits per heavy atom. The molecule has 2 N–H and O–H groups in total. The highest BCUT2D eigenvalue weighted by Crippen LogP contribution is 2.47. The number of allylic oxidation sites excluding steroid dienone is 2. The van der Waals surface area contributed by atoms with Gasteiger partial charge in [-0.05, 0) is 36.2 Å². The molecule has 1 aliphatic heterocycles. The molecule has 0 radical (unpaired) electrons. The number of anilines is 1. The van der Waals surface area contributed by atoms with Crippen molar-refractivity contribution >= 4 is 17.1 Å². The van der Waals surface area contributed by atoms with Crippen LogP contribution in [0.1, 0.15) is 36.3 Å². The van der Waals surface area contributed by atoms with Crippen LogP contribution < -0.4 is 10.5 Å². The van der Waals surface area contributed by atoms with Crippen LogP contribution in [-0.4, -0.2) is 25.4 Å². The molecule has 31 heavy (non-hydrogen) atoms. The molecule has 2 aromatic heterocycles. The van der Waals surface area contributed by atoms with Crippen LogP contribution in [0.15, 0.2) is 72.3 Å². The molecule has 6 rings (SSSR count). The van der Waals surface area contributed by atoms with Gasteiger partial charge in [-0.3, -0.25) is 4.79 Å². The van der Waals surface area contributed by atoms with Gasteiger partial charge in [0, 0.05) is 35.6 Å². The third-order valence-electron chi connectivity index (χ3n) is 5.89. The van der Waals surface area contributed by atoms with Gasteiger partial charge in [-0.25, -0.2) is 14.5 Å². The highest BCUT2D eigenvalue weighted by molar-refractivity contribution is 6.00. The molecule has 4 aromatic rings. The molecule has 2 aliphatic rings. The summed E-state index contributed by atoms with van der Waals surface area (Å²) in [5, 5.41) is 4.62. The fourth-order valence-electron chi connectivity index (χ4n) is 4.45. The maximum absolute atomic E-state index is 13.0. The molecule has 0 amide bonds. The van der Waals surface area contributed by atoms with Gasteiger partial charge in [0.25, 0.3) is 0 Å². The van der Waals surface area contributed by atoms with Crippen LogP contribution in [0.2, 0.25) is 0 Å². The Labute approximate surface area is 178 Å². The Balaban J connectivity index is 1.60. The molecule has 0 saturated heterocycles. The smallest absolute Gasteiger partial charge is 0.228 e. The van der Waals surface area contributed by atoms with E-state index in [2.05, 4.69) is 10.1 Å². The lowest BCUT2D eigenvalue weighted by Crippen LogP contribution is -2.26. The topological polar surface area (TPSA) is 95.4 Å². The molecule has 152 valence electrons. The molecule has 0 spiro atoms. The van der Waals surface area contributed by atoms with Gasteiger partial charge in [-0.15, -0.1) is 5.10 Å². The first-order valence-electron chi connectivity index (χ1n) is 10.3. The zero-order chi connectivity index (χ0) is 20.9. The zero-order valence-corrected chi connectivity index (χ0v) is 16.7. The number of nitrogens with two attached hydrogens (primary N) is 1. The normalized spacial score (nSPS) is 17.9. The highest BCUT2D eigenvalue weighted by atomic mass is 16.5. The van der Waals surface area contributed by atoms with Crippen LogP contribution in [0.4, 0.5) is 5.69 Å². The minimum absolute atomic E-state index is 0.126. The van der Waals surface area contributed by atoms with E-state index in [4.69, 9.17) is 15.5 Å². The number of Topliss-reactive ketones (excluding diaryl/α,β-unsaturated/α-hetero) is 1. The van der Waals surface area contributed by atoms with Gasteiger partial charge < -0.3 is 10.5 Å². The van der Waals surface area contributed by atoms with E-state index in [1.807, 2.05) is 54.6 Å². The third kappa shape index (κ3) is 2.81. The highest BCUT2D eigenvalue weighted by Gasteiger charge is 2.39. The zero-order valence-electron chi connectivity index (χ0n) is 16.7. The van der Waals surface area contributed by atoms with Crippen molar-refractivity contribution in [3.63, 3.8) is 0 Å². The number of rotatable bonds is 2. The molecule has 0 fully saturated rings. The number of hydrogen-bond donors (Lipinski definition) is 1. The predicted molar refractivity (Wildman–Crippen MR) is 115 cm³/mol. The number of nitrogen functional groups attached to an aromatic ring is 1. The van der Waals surface area contributed by atoms with E-state index < -0.39 is 0 Å². The molecule has 7 nitrogen and oxygen atoms in total. The summed E-state index contributed by atoms with van der Waals surface area (Å²) in [5.74, 6) is 1.63. The molecule has 1 aliphatic carbocycles. The number of benzene rings is 2. The maximum atomic E-state index is 13.0. The lowest BCUT2D eigenvalue weighted by Gasteiger charge is -2.31. The van der Waals surface area contributed by atoms with Gasteiger partial charge in [0.05, 0.1) is 5.56 Å². The summed E-state index contributed by atoms with van der Waals surface area (Å²) >= 11 is 0. The molecular formula is C24H19N5O2. The van der Waals surface area contributed by atoms with Crippen molar-refractivity contribution in [2.45, 2.75) is 25.2 Å². The van der Waals surface area contributed by atoms with Crippen molar-refractivity contribution in [2.24, 2.45) is 0 Å². The number of hydrogen-bond acceptors (Lipinski definition) is 6. The molecule has 1 unspecified atom stereocenters. The van der Waals surface area contributed by atoms with Crippen molar-refractivity contribution in [1.82, 2.24) is 19.6 Å². The van der Waals surface area contributed by atoms with Crippen LogP contribution in [0.5, 0.6) is 5.88 Å². The van der Waals surface area contributed by atoms with E-state index in [1.54, 1.807) is 10.8 Å². The van der Waals surface area contributed by atoms with Crippen molar-refractivity contribution in [1.29, 1.82) is 0 Å². The van der Waals surface area contributed by atoms with E-state index in [1.165, 1.54) is 0 Å².